The number of pyridine rings is 1. The molecule has 0 aromatic carbocycles. The van der Waals surface area contributed by atoms with E-state index in [9.17, 15) is 4.79 Å². The molecule has 0 fully saturated rings. The second kappa shape index (κ2) is 6.45. The average molecular weight is 225 g/mol. The summed E-state index contributed by atoms with van der Waals surface area (Å²) in [5, 5.41) is 8.57. The van der Waals surface area contributed by atoms with Crippen molar-refractivity contribution >= 4 is 17.7 Å². The lowest BCUT2D eigenvalue weighted by Gasteiger charge is -2.08. The van der Waals surface area contributed by atoms with E-state index in [1.54, 1.807) is 12.4 Å². The summed E-state index contributed by atoms with van der Waals surface area (Å²) in [7, 11) is 0. The summed E-state index contributed by atoms with van der Waals surface area (Å²) < 4.78 is 0. The van der Waals surface area contributed by atoms with Crippen molar-refractivity contribution in [1.82, 2.24) is 4.98 Å². The molecule has 1 aromatic rings. The lowest BCUT2D eigenvalue weighted by molar-refractivity contribution is -0.136. The van der Waals surface area contributed by atoms with Crippen LogP contribution < -0.4 is 0 Å². The molecule has 1 N–H and O–H groups in total. The molecule has 0 saturated heterocycles. The van der Waals surface area contributed by atoms with Gasteiger partial charge < -0.3 is 5.11 Å². The number of aryl methyl sites for hydroxylation is 1. The van der Waals surface area contributed by atoms with Gasteiger partial charge >= 0.3 is 5.97 Å². The zero-order valence-electron chi connectivity index (χ0n) is 8.72. The van der Waals surface area contributed by atoms with E-state index in [-0.39, 0.29) is 5.25 Å². The Morgan fingerprint density at radius 3 is 2.73 bits per heavy atom. The highest BCUT2D eigenvalue weighted by molar-refractivity contribution is 8.00. The SMILES string of the molecule is CCC(SCCc1ccncc1)C(=O)O. The van der Waals surface area contributed by atoms with Gasteiger partial charge in [0.1, 0.15) is 5.25 Å². The third-order valence-electron chi connectivity index (χ3n) is 2.11. The van der Waals surface area contributed by atoms with Crippen molar-refractivity contribution in [3.8, 4) is 0 Å². The molecule has 0 radical (unpaired) electrons. The third kappa shape index (κ3) is 4.34. The molecule has 0 aliphatic carbocycles. The third-order valence-corrected chi connectivity index (χ3v) is 3.48. The Morgan fingerprint density at radius 2 is 2.20 bits per heavy atom. The van der Waals surface area contributed by atoms with E-state index in [1.165, 1.54) is 17.3 Å². The van der Waals surface area contributed by atoms with E-state index in [0.717, 1.165) is 12.2 Å². The number of aliphatic carboxylic acids is 1. The number of thioether (sulfide) groups is 1. The smallest absolute Gasteiger partial charge is 0.316 e. The van der Waals surface area contributed by atoms with E-state index in [1.807, 2.05) is 19.1 Å². The first-order chi connectivity index (χ1) is 7.24. The molecular formula is C11H15NO2S. The number of nitrogens with zero attached hydrogens (tertiary/aromatic N) is 1. The highest BCUT2D eigenvalue weighted by Gasteiger charge is 2.14. The second-order valence-electron chi connectivity index (χ2n) is 3.21. The molecular weight excluding hydrogens is 210 g/mol. The maximum absolute atomic E-state index is 10.7. The van der Waals surface area contributed by atoms with Crippen LogP contribution in [0.3, 0.4) is 0 Å². The minimum absolute atomic E-state index is 0.271. The molecule has 0 amide bonds. The van der Waals surface area contributed by atoms with Gasteiger partial charge in [0.2, 0.25) is 0 Å². The van der Waals surface area contributed by atoms with Gasteiger partial charge in [-0.3, -0.25) is 9.78 Å². The molecule has 1 unspecified atom stereocenters. The van der Waals surface area contributed by atoms with Crippen molar-refractivity contribution in [1.29, 1.82) is 0 Å². The van der Waals surface area contributed by atoms with Gasteiger partial charge in [0.15, 0.2) is 0 Å². The molecule has 0 bridgehead atoms. The number of carbonyl (C=O) groups is 1. The van der Waals surface area contributed by atoms with Crippen molar-refractivity contribution in [2.75, 3.05) is 5.75 Å². The fourth-order valence-corrected chi connectivity index (χ4v) is 2.25. The van der Waals surface area contributed by atoms with E-state index in [0.29, 0.717) is 6.42 Å². The molecule has 1 heterocycles. The Balaban J connectivity index is 2.30. The zero-order valence-corrected chi connectivity index (χ0v) is 9.54. The maximum atomic E-state index is 10.7. The first-order valence-corrected chi connectivity index (χ1v) is 6.02. The van der Waals surface area contributed by atoms with Gasteiger partial charge in [0, 0.05) is 12.4 Å². The molecule has 0 saturated carbocycles. The van der Waals surface area contributed by atoms with Gasteiger partial charge in [-0.1, -0.05) is 6.92 Å². The zero-order chi connectivity index (χ0) is 11.1. The van der Waals surface area contributed by atoms with E-state index in [4.69, 9.17) is 5.11 Å². The van der Waals surface area contributed by atoms with Crippen LogP contribution in [-0.4, -0.2) is 27.1 Å². The molecule has 1 rings (SSSR count). The Hall–Kier alpha value is -1.03. The Bertz CT molecular complexity index is 303. The summed E-state index contributed by atoms with van der Waals surface area (Å²) in [5.41, 5.74) is 1.21. The standard InChI is InChI=1S/C11H15NO2S/c1-2-10(11(13)14)15-8-5-9-3-6-12-7-4-9/h3-4,6-7,10H,2,5,8H2,1H3,(H,13,14). The maximum Gasteiger partial charge on any atom is 0.316 e. The molecule has 0 aliphatic rings. The fraction of sp³-hybridized carbons (Fsp3) is 0.455. The molecule has 15 heavy (non-hydrogen) atoms. The highest BCUT2D eigenvalue weighted by Crippen LogP contribution is 2.16. The predicted molar refractivity (Wildman–Crippen MR) is 62.1 cm³/mol. The van der Waals surface area contributed by atoms with Crippen molar-refractivity contribution in [3.05, 3.63) is 30.1 Å². The van der Waals surface area contributed by atoms with Crippen LogP contribution in [0.2, 0.25) is 0 Å². The second-order valence-corrected chi connectivity index (χ2v) is 4.52. The molecule has 1 atom stereocenters. The molecule has 1 aromatic heterocycles. The number of hydrogen-bond donors (Lipinski definition) is 1. The normalized spacial score (nSPS) is 12.3. The Labute approximate surface area is 93.9 Å². The molecule has 3 nitrogen and oxygen atoms in total. The first-order valence-electron chi connectivity index (χ1n) is 4.97. The minimum atomic E-state index is -0.711. The van der Waals surface area contributed by atoms with Crippen molar-refractivity contribution in [2.24, 2.45) is 0 Å². The summed E-state index contributed by atoms with van der Waals surface area (Å²) in [6.07, 6.45) is 5.09. The van der Waals surface area contributed by atoms with Crippen LogP contribution in [0.15, 0.2) is 24.5 Å². The Kier molecular flexibility index (Phi) is 5.18. The van der Waals surface area contributed by atoms with Crippen LogP contribution in [0.25, 0.3) is 0 Å². The van der Waals surface area contributed by atoms with E-state index < -0.39 is 5.97 Å². The quantitative estimate of drug-likeness (QED) is 0.806. The van der Waals surface area contributed by atoms with Crippen LogP contribution in [0.1, 0.15) is 18.9 Å². The van der Waals surface area contributed by atoms with Gasteiger partial charge in [-0.25, -0.2) is 0 Å². The van der Waals surface area contributed by atoms with Gasteiger partial charge in [0.05, 0.1) is 0 Å². The highest BCUT2D eigenvalue weighted by atomic mass is 32.2. The van der Waals surface area contributed by atoms with Crippen LogP contribution in [-0.2, 0) is 11.2 Å². The molecule has 82 valence electrons. The summed E-state index contributed by atoms with van der Waals surface area (Å²) in [6.45, 7) is 1.90. The number of carboxylic acid groups (broad SMARTS) is 1. The van der Waals surface area contributed by atoms with Gasteiger partial charge in [-0.2, -0.15) is 0 Å². The average Bonchev–Trinajstić information content (AvgIpc) is 2.25. The van der Waals surface area contributed by atoms with E-state index >= 15 is 0 Å². The number of hydrogen-bond acceptors (Lipinski definition) is 3. The Morgan fingerprint density at radius 1 is 1.53 bits per heavy atom. The van der Waals surface area contributed by atoms with Crippen LogP contribution in [0.5, 0.6) is 0 Å². The van der Waals surface area contributed by atoms with Crippen LogP contribution in [0.4, 0.5) is 0 Å². The fourth-order valence-electron chi connectivity index (χ4n) is 1.23. The summed E-state index contributed by atoms with van der Waals surface area (Å²) in [4.78, 5) is 14.7. The summed E-state index contributed by atoms with van der Waals surface area (Å²) >= 11 is 1.50. The monoisotopic (exact) mass is 225 g/mol. The molecule has 4 heteroatoms. The number of aromatic nitrogens is 1. The summed E-state index contributed by atoms with van der Waals surface area (Å²) in [5.74, 6) is 0.131. The lowest BCUT2D eigenvalue weighted by Crippen LogP contribution is -2.15. The lowest BCUT2D eigenvalue weighted by atomic mass is 10.2. The number of rotatable bonds is 6. The van der Waals surface area contributed by atoms with Crippen molar-refractivity contribution in [3.63, 3.8) is 0 Å². The largest absolute Gasteiger partial charge is 0.480 e. The van der Waals surface area contributed by atoms with Gasteiger partial charge in [0.25, 0.3) is 0 Å². The summed E-state index contributed by atoms with van der Waals surface area (Å²) in [6, 6.07) is 3.92. The van der Waals surface area contributed by atoms with Crippen LogP contribution in [0, 0.1) is 0 Å². The predicted octanol–water partition coefficient (Wildman–Crippen LogP) is 2.22. The van der Waals surface area contributed by atoms with E-state index in [2.05, 4.69) is 4.98 Å². The van der Waals surface area contributed by atoms with Crippen molar-refractivity contribution < 1.29 is 9.90 Å². The van der Waals surface area contributed by atoms with Gasteiger partial charge in [-0.05, 0) is 36.3 Å². The molecule has 0 aliphatic heterocycles. The number of carboxylic acids is 1. The molecule has 0 spiro atoms. The first kappa shape index (κ1) is 12.0. The van der Waals surface area contributed by atoms with Crippen molar-refractivity contribution in [2.45, 2.75) is 25.0 Å². The minimum Gasteiger partial charge on any atom is -0.480 e. The topological polar surface area (TPSA) is 50.2 Å². The van der Waals surface area contributed by atoms with Crippen LogP contribution >= 0.6 is 11.8 Å². The van der Waals surface area contributed by atoms with Gasteiger partial charge in [-0.15, -0.1) is 11.8 Å².